The molecule has 0 radical (unpaired) electrons. The van der Waals surface area contributed by atoms with Crippen LogP contribution in [0.3, 0.4) is 0 Å². The average Bonchev–Trinajstić information content (AvgIpc) is 2.66. The molecule has 0 spiro atoms. The van der Waals surface area contributed by atoms with E-state index in [0.717, 1.165) is 12.2 Å². The molecule has 0 aromatic heterocycles. The third-order valence-electron chi connectivity index (χ3n) is 4.34. The minimum atomic E-state index is -0.313. The molecule has 0 bridgehead atoms. The van der Waals surface area contributed by atoms with Crippen molar-refractivity contribution in [3.05, 3.63) is 12.7 Å². The second-order valence-electron chi connectivity index (χ2n) is 6.73. The maximum absolute atomic E-state index is 11.2. The summed E-state index contributed by atoms with van der Waals surface area (Å²) in [5, 5.41) is 0. The first kappa shape index (κ1) is 26.3. The van der Waals surface area contributed by atoms with Gasteiger partial charge in [-0.15, -0.1) is 0 Å². The minimum absolute atomic E-state index is 0.00486. The topological polar surface area (TPSA) is 26.3 Å². The van der Waals surface area contributed by atoms with E-state index in [0.29, 0.717) is 0 Å². The van der Waals surface area contributed by atoms with Crippen molar-refractivity contribution < 1.29 is 9.53 Å². The van der Waals surface area contributed by atoms with E-state index in [9.17, 15) is 4.79 Å². The van der Waals surface area contributed by atoms with Crippen molar-refractivity contribution in [1.82, 2.24) is 0 Å². The number of hydrogen-bond donors (Lipinski definition) is 0. The fourth-order valence-corrected chi connectivity index (χ4v) is 6.70. The van der Waals surface area contributed by atoms with Crippen molar-refractivity contribution >= 4 is 37.4 Å². The molecular formula is C21H40O2S3. The Morgan fingerprint density at radius 3 is 1.92 bits per heavy atom. The Labute approximate surface area is 174 Å². The Kier molecular flexibility index (Phi) is 21.8. The molecule has 0 saturated heterocycles. The lowest BCUT2D eigenvalue weighted by molar-refractivity contribution is -0.141. The Balaban J connectivity index is 3.21. The smallest absolute Gasteiger partial charge is 0.330 e. The summed E-state index contributed by atoms with van der Waals surface area (Å²) in [5.74, 6) is 1.76. The second-order valence-corrected chi connectivity index (χ2v) is 11.1. The summed E-state index contributed by atoms with van der Waals surface area (Å²) in [7, 11) is 5.55. The first-order chi connectivity index (χ1) is 12.7. The predicted octanol–water partition coefficient (Wildman–Crippen LogP) is 8.22. The van der Waals surface area contributed by atoms with Crippen LogP contribution in [0.1, 0.15) is 97.3 Å². The van der Waals surface area contributed by atoms with Crippen molar-refractivity contribution in [3.8, 4) is 0 Å². The van der Waals surface area contributed by atoms with Crippen LogP contribution in [0, 0.1) is 0 Å². The molecule has 1 atom stereocenters. The summed E-state index contributed by atoms with van der Waals surface area (Å²) in [6, 6.07) is 0. The molecule has 26 heavy (non-hydrogen) atoms. The van der Waals surface area contributed by atoms with Gasteiger partial charge in [-0.2, -0.15) is 0 Å². The molecule has 154 valence electrons. The van der Waals surface area contributed by atoms with Crippen molar-refractivity contribution in [3.63, 3.8) is 0 Å². The monoisotopic (exact) mass is 420 g/mol. The van der Waals surface area contributed by atoms with E-state index in [1.807, 2.05) is 27.5 Å². The predicted molar refractivity (Wildman–Crippen MR) is 124 cm³/mol. The Hall–Kier alpha value is 0.260. The molecule has 0 heterocycles. The third kappa shape index (κ3) is 19.0. The van der Waals surface area contributed by atoms with Gasteiger partial charge in [0.1, 0.15) is 6.10 Å². The van der Waals surface area contributed by atoms with Crippen LogP contribution in [-0.2, 0) is 9.53 Å². The van der Waals surface area contributed by atoms with Crippen LogP contribution in [0.2, 0.25) is 0 Å². The highest BCUT2D eigenvalue weighted by molar-refractivity contribution is 9.09. The van der Waals surface area contributed by atoms with Crippen LogP contribution < -0.4 is 0 Å². The number of rotatable bonds is 20. The second kappa shape index (κ2) is 21.6. The average molecular weight is 421 g/mol. The van der Waals surface area contributed by atoms with Gasteiger partial charge in [-0.3, -0.25) is 0 Å². The zero-order chi connectivity index (χ0) is 19.3. The number of hydrogen-bond acceptors (Lipinski definition) is 5. The lowest BCUT2D eigenvalue weighted by Gasteiger charge is -2.13. The lowest BCUT2D eigenvalue weighted by Crippen LogP contribution is -2.17. The van der Waals surface area contributed by atoms with E-state index in [-0.39, 0.29) is 12.1 Å². The highest BCUT2D eigenvalue weighted by Gasteiger charge is 2.10. The molecule has 0 amide bonds. The van der Waals surface area contributed by atoms with E-state index in [2.05, 4.69) is 13.5 Å². The summed E-state index contributed by atoms with van der Waals surface area (Å²) in [6.07, 6.45) is 19.0. The molecule has 0 aromatic rings. The number of esters is 1. The SMILES string of the molecule is C=CC(=O)OC(CC)CSSSCCCCCCCCCCCCCC. The fourth-order valence-electron chi connectivity index (χ4n) is 2.62. The van der Waals surface area contributed by atoms with Gasteiger partial charge < -0.3 is 4.74 Å². The van der Waals surface area contributed by atoms with Gasteiger partial charge in [0.2, 0.25) is 0 Å². The van der Waals surface area contributed by atoms with Crippen LogP contribution in [-0.4, -0.2) is 23.6 Å². The minimum Gasteiger partial charge on any atom is -0.458 e. The molecule has 5 heteroatoms. The van der Waals surface area contributed by atoms with Gasteiger partial charge in [0.05, 0.1) is 0 Å². The van der Waals surface area contributed by atoms with E-state index < -0.39 is 0 Å². The van der Waals surface area contributed by atoms with Gasteiger partial charge in [-0.05, 0) is 22.7 Å². The maximum Gasteiger partial charge on any atom is 0.330 e. The normalized spacial score (nSPS) is 12.1. The maximum atomic E-state index is 11.2. The zero-order valence-electron chi connectivity index (χ0n) is 17.0. The summed E-state index contributed by atoms with van der Waals surface area (Å²) in [6.45, 7) is 7.76. The Morgan fingerprint density at radius 2 is 1.42 bits per heavy atom. The van der Waals surface area contributed by atoms with Crippen LogP contribution in [0.25, 0.3) is 0 Å². The number of carbonyl (C=O) groups is 1. The Bertz CT molecular complexity index is 324. The van der Waals surface area contributed by atoms with E-state index in [1.165, 1.54) is 88.9 Å². The van der Waals surface area contributed by atoms with Gasteiger partial charge in [0.15, 0.2) is 0 Å². The van der Waals surface area contributed by atoms with Gasteiger partial charge in [-0.25, -0.2) is 4.79 Å². The zero-order valence-corrected chi connectivity index (χ0v) is 19.5. The molecule has 1 unspecified atom stereocenters. The third-order valence-corrected chi connectivity index (χ3v) is 8.71. The van der Waals surface area contributed by atoms with Crippen LogP contribution >= 0.6 is 31.4 Å². The number of carbonyl (C=O) groups excluding carboxylic acids is 1. The van der Waals surface area contributed by atoms with E-state index >= 15 is 0 Å². The van der Waals surface area contributed by atoms with Gasteiger partial charge >= 0.3 is 5.97 Å². The molecule has 0 saturated carbocycles. The molecule has 0 N–H and O–H groups in total. The quantitative estimate of drug-likeness (QED) is 0.0855. The van der Waals surface area contributed by atoms with Crippen molar-refractivity contribution in [1.29, 1.82) is 0 Å². The summed E-state index contributed by atoms with van der Waals surface area (Å²) < 4.78 is 5.27. The van der Waals surface area contributed by atoms with Gasteiger partial charge in [0, 0.05) is 17.6 Å². The summed E-state index contributed by atoms with van der Waals surface area (Å²) in [4.78, 5) is 11.2. The van der Waals surface area contributed by atoms with E-state index in [1.54, 1.807) is 10.8 Å². The molecule has 0 rings (SSSR count). The first-order valence-corrected chi connectivity index (χ1v) is 14.3. The van der Waals surface area contributed by atoms with Crippen LogP contribution in [0.5, 0.6) is 0 Å². The highest BCUT2D eigenvalue weighted by atomic mass is 33.5. The largest absolute Gasteiger partial charge is 0.458 e. The first-order valence-electron chi connectivity index (χ1n) is 10.5. The molecule has 0 fully saturated rings. The van der Waals surface area contributed by atoms with Gasteiger partial charge in [0.25, 0.3) is 0 Å². The van der Waals surface area contributed by atoms with Crippen LogP contribution in [0.4, 0.5) is 0 Å². The van der Waals surface area contributed by atoms with Crippen molar-refractivity contribution in [2.75, 3.05) is 11.5 Å². The number of unbranched alkanes of at least 4 members (excludes halogenated alkanes) is 11. The Morgan fingerprint density at radius 1 is 0.885 bits per heavy atom. The molecular weight excluding hydrogens is 380 g/mol. The molecule has 0 aromatic carbocycles. The molecule has 0 aliphatic heterocycles. The van der Waals surface area contributed by atoms with Crippen molar-refractivity contribution in [2.24, 2.45) is 0 Å². The van der Waals surface area contributed by atoms with Crippen LogP contribution in [0.15, 0.2) is 12.7 Å². The van der Waals surface area contributed by atoms with Crippen molar-refractivity contribution in [2.45, 2.75) is 103 Å². The van der Waals surface area contributed by atoms with E-state index in [4.69, 9.17) is 4.74 Å². The number of ether oxygens (including phenoxy) is 1. The molecule has 0 aliphatic carbocycles. The standard InChI is InChI=1S/C21H40O2S3/c1-4-7-8-9-10-11-12-13-14-15-16-17-18-24-26-25-19-20(5-2)23-21(22)6-3/h6,20H,3-5,7-19H2,1-2H3. The lowest BCUT2D eigenvalue weighted by atomic mass is 10.1. The van der Waals surface area contributed by atoms with Gasteiger partial charge in [-0.1, -0.05) is 113 Å². The molecule has 0 aliphatic rings. The fraction of sp³-hybridized carbons (Fsp3) is 0.857. The highest BCUT2D eigenvalue weighted by Crippen LogP contribution is 2.36. The molecule has 2 nitrogen and oxygen atoms in total. The summed E-state index contributed by atoms with van der Waals surface area (Å²) >= 11 is 0. The summed E-state index contributed by atoms with van der Waals surface area (Å²) in [5.41, 5.74) is 0.